The van der Waals surface area contributed by atoms with Gasteiger partial charge in [0.25, 0.3) is 10.0 Å². The molecule has 2 N–H and O–H groups in total. The lowest BCUT2D eigenvalue weighted by Gasteiger charge is -2.16. The van der Waals surface area contributed by atoms with Crippen LogP contribution in [0.3, 0.4) is 0 Å². The smallest absolute Gasteiger partial charge is 0.257 e. The molecule has 2 aromatic carbocycles. The Morgan fingerprint density at radius 3 is 2.27 bits per heavy atom. The molecule has 0 radical (unpaired) electrons. The summed E-state index contributed by atoms with van der Waals surface area (Å²) < 4.78 is 38.6. The topological polar surface area (TPSA) is 88.2 Å². The van der Waals surface area contributed by atoms with Crippen LogP contribution in [0.25, 0.3) is 10.6 Å². The Labute approximate surface area is 179 Å². The molecule has 0 saturated carbocycles. The number of sulfonamides is 1. The summed E-state index contributed by atoms with van der Waals surface area (Å²) in [6, 6.07) is 7.84. The number of amides is 1. The van der Waals surface area contributed by atoms with E-state index in [1.165, 1.54) is 23.5 Å². The molecule has 0 bridgehead atoms. The Hall–Kier alpha value is -2.62. The van der Waals surface area contributed by atoms with Crippen molar-refractivity contribution in [2.45, 2.75) is 39.0 Å². The highest BCUT2D eigenvalue weighted by Gasteiger charge is 2.23. The fraction of sp³-hybridized carbons (Fsp3) is 0.238. The van der Waals surface area contributed by atoms with Gasteiger partial charge in [-0.2, -0.15) is 0 Å². The van der Waals surface area contributed by atoms with Gasteiger partial charge in [0.2, 0.25) is 5.91 Å². The summed E-state index contributed by atoms with van der Waals surface area (Å²) in [5.74, 6) is -0.870. The summed E-state index contributed by atoms with van der Waals surface area (Å²) in [5, 5.41) is 2.37. The number of hydrogen-bond donors (Lipinski definition) is 2. The van der Waals surface area contributed by atoms with Gasteiger partial charge in [-0.25, -0.2) is 17.8 Å². The maximum Gasteiger partial charge on any atom is 0.257 e. The van der Waals surface area contributed by atoms with Crippen LogP contribution in [0.2, 0.25) is 0 Å². The van der Waals surface area contributed by atoms with Crippen LogP contribution in [0.1, 0.15) is 27.9 Å². The first kappa shape index (κ1) is 22.1. The Balaban J connectivity index is 1.69. The minimum Gasteiger partial charge on any atom is -0.277 e. The predicted octanol–water partition coefficient (Wildman–Crippen LogP) is 3.74. The van der Waals surface area contributed by atoms with Crippen molar-refractivity contribution in [3.63, 3.8) is 0 Å². The number of thiazole rings is 1. The molecule has 9 heteroatoms. The van der Waals surface area contributed by atoms with Gasteiger partial charge in [0.15, 0.2) is 0 Å². The van der Waals surface area contributed by atoms with Crippen molar-refractivity contribution in [3.8, 4) is 10.6 Å². The van der Waals surface area contributed by atoms with Crippen molar-refractivity contribution in [1.82, 2.24) is 15.2 Å². The molecule has 0 aliphatic rings. The number of benzene rings is 2. The number of nitrogens with one attached hydrogen (secondary N) is 2. The van der Waals surface area contributed by atoms with Crippen molar-refractivity contribution in [1.29, 1.82) is 0 Å². The molecule has 1 amide bonds. The molecule has 1 aromatic heterocycles. The zero-order valence-electron chi connectivity index (χ0n) is 17.0. The highest BCUT2D eigenvalue weighted by Crippen LogP contribution is 2.26. The zero-order chi connectivity index (χ0) is 22.1. The monoisotopic (exact) mass is 447 g/mol. The van der Waals surface area contributed by atoms with Crippen molar-refractivity contribution in [3.05, 3.63) is 69.5 Å². The average Bonchev–Trinajstić information content (AvgIpc) is 3.14. The summed E-state index contributed by atoms with van der Waals surface area (Å²) in [4.78, 5) is 19.0. The van der Waals surface area contributed by atoms with Gasteiger partial charge >= 0.3 is 0 Å². The fourth-order valence-corrected chi connectivity index (χ4v) is 5.39. The van der Waals surface area contributed by atoms with Gasteiger partial charge in [-0.15, -0.1) is 16.2 Å². The van der Waals surface area contributed by atoms with Crippen LogP contribution >= 0.6 is 11.3 Å². The number of hydrazine groups is 1. The molecule has 0 saturated heterocycles. The van der Waals surface area contributed by atoms with E-state index in [9.17, 15) is 17.6 Å². The van der Waals surface area contributed by atoms with Crippen LogP contribution in [0.4, 0.5) is 4.39 Å². The van der Waals surface area contributed by atoms with Gasteiger partial charge in [-0.1, -0.05) is 6.07 Å². The van der Waals surface area contributed by atoms with Crippen LogP contribution in [0.5, 0.6) is 0 Å². The number of hydrogen-bond acceptors (Lipinski definition) is 5. The average molecular weight is 448 g/mol. The van der Waals surface area contributed by atoms with E-state index in [1.807, 2.05) is 19.9 Å². The molecule has 0 unspecified atom stereocenters. The van der Waals surface area contributed by atoms with Crippen molar-refractivity contribution in [2.75, 3.05) is 0 Å². The highest BCUT2D eigenvalue weighted by atomic mass is 32.2. The number of nitrogens with zero attached hydrogens (tertiary/aromatic N) is 1. The van der Waals surface area contributed by atoms with Gasteiger partial charge in [0, 0.05) is 10.9 Å². The van der Waals surface area contributed by atoms with Crippen molar-refractivity contribution >= 4 is 27.3 Å². The molecular weight excluding hydrogens is 425 g/mol. The summed E-state index contributed by atoms with van der Waals surface area (Å²) in [6.45, 7) is 7.18. The van der Waals surface area contributed by atoms with Gasteiger partial charge in [-0.05, 0) is 74.2 Å². The Morgan fingerprint density at radius 1 is 1.07 bits per heavy atom. The van der Waals surface area contributed by atoms with E-state index >= 15 is 0 Å². The quantitative estimate of drug-likeness (QED) is 0.564. The minimum absolute atomic E-state index is 0.0922. The predicted molar refractivity (Wildman–Crippen MR) is 115 cm³/mol. The Morgan fingerprint density at radius 2 is 1.67 bits per heavy atom. The van der Waals surface area contributed by atoms with E-state index in [2.05, 4.69) is 15.2 Å². The number of halogens is 1. The largest absolute Gasteiger partial charge is 0.277 e. The van der Waals surface area contributed by atoms with E-state index < -0.39 is 15.9 Å². The first-order valence-corrected chi connectivity index (χ1v) is 11.5. The summed E-state index contributed by atoms with van der Waals surface area (Å²) in [6.07, 6.45) is -0.0922. The van der Waals surface area contributed by atoms with Gasteiger partial charge < -0.3 is 0 Å². The third-order valence-corrected chi connectivity index (χ3v) is 7.34. The molecule has 3 rings (SSSR count). The molecule has 0 spiro atoms. The number of aryl methyl sites for hydroxylation is 2. The van der Waals surface area contributed by atoms with E-state index in [-0.39, 0.29) is 17.1 Å². The minimum atomic E-state index is -3.93. The highest BCUT2D eigenvalue weighted by molar-refractivity contribution is 7.89. The normalized spacial score (nSPS) is 11.5. The summed E-state index contributed by atoms with van der Waals surface area (Å²) in [7, 11) is -3.93. The molecule has 0 atom stereocenters. The second kappa shape index (κ2) is 8.63. The van der Waals surface area contributed by atoms with Crippen LogP contribution < -0.4 is 10.3 Å². The fourth-order valence-electron chi connectivity index (χ4n) is 3.08. The number of aromatic nitrogens is 1. The standard InChI is InChI=1S/C21H22FN3O3S2/c1-12-9-13(2)15(4)20(14(12)3)30(27,28)25-24-19(26)10-18-11-29-21(23-18)16-5-7-17(22)8-6-16/h5-9,11,25H,10H2,1-4H3,(H,24,26). The molecule has 0 aliphatic carbocycles. The first-order valence-electron chi connectivity index (χ1n) is 9.17. The molecule has 158 valence electrons. The van der Waals surface area contributed by atoms with Crippen LogP contribution in [0.15, 0.2) is 40.6 Å². The molecule has 1 heterocycles. The maximum atomic E-state index is 13.1. The SMILES string of the molecule is Cc1cc(C)c(C)c(S(=O)(=O)NNC(=O)Cc2csc(-c3ccc(F)cc3)n2)c1C. The Kier molecular flexibility index (Phi) is 6.35. The lowest BCUT2D eigenvalue weighted by atomic mass is 10.0. The summed E-state index contributed by atoms with van der Waals surface area (Å²) in [5.41, 5.74) is 6.51. The van der Waals surface area contributed by atoms with Crippen LogP contribution in [0, 0.1) is 33.5 Å². The van der Waals surface area contributed by atoms with E-state index in [4.69, 9.17) is 0 Å². The first-order chi connectivity index (χ1) is 14.1. The second-order valence-electron chi connectivity index (χ2n) is 7.07. The molecule has 3 aromatic rings. The third-order valence-electron chi connectivity index (χ3n) is 4.88. The van der Waals surface area contributed by atoms with Gasteiger partial charge in [0.05, 0.1) is 17.0 Å². The zero-order valence-corrected chi connectivity index (χ0v) is 18.7. The van der Waals surface area contributed by atoms with Gasteiger partial charge in [-0.3, -0.25) is 10.2 Å². The number of carbonyl (C=O) groups excluding carboxylic acids is 1. The lowest BCUT2D eigenvalue weighted by Crippen LogP contribution is -2.42. The number of rotatable bonds is 6. The number of carbonyl (C=O) groups is 1. The summed E-state index contributed by atoms with van der Waals surface area (Å²) >= 11 is 1.33. The van der Waals surface area contributed by atoms with Crippen molar-refractivity contribution in [2.24, 2.45) is 0 Å². The van der Waals surface area contributed by atoms with Crippen LogP contribution in [-0.2, 0) is 21.2 Å². The molecule has 0 fully saturated rings. The second-order valence-corrected chi connectivity index (χ2v) is 9.55. The lowest BCUT2D eigenvalue weighted by molar-refractivity contribution is -0.120. The van der Waals surface area contributed by atoms with Gasteiger partial charge in [0.1, 0.15) is 10.8 Å². The molecule has 30 heavy (non-hydrogen) atoms. The van der Waals surface area contributed by atoms with E-state index in [0.29, 0.717) is 21.8 Å². The van der Waals surface area contributed by atoms with E-state index in [1.54, 1.807) is 31.4 Å². The molecular formula is C21H22FN3O3S2. The third kappa shape index (κ3) is 4.75. The molecule has 6 nitrogen and oxygen atoms in total. The maximum absolute atomic E-state index is 13.1. The van der Waals surface area contributed by atoms with Crippen molar-refractivity contribution < 1.29 is 17.6 Å². The Bertz CT molecular complexity index is 1180. The van der Waals surface area contributed by atoms with E-state index in [0.717, 1.165) is 16.7 Å². The van der Waals surface area contributed by atoms with Crippen LogP contribution in [-0.4, -0.2) is 19.3 Å². The molecule has 0 aliphatic heterocycles.